The molecule has 1 fully saturated rings. The smallest absolute Gasteiger partial charge is 0.422 e. The minimum Gasteiger partial charge on any atom is -0.468 e. The number of alkyl halides is 3. The van der Waals surface area contributed by atoms with Gasteiger partial charge >= 0.3 is 6.18 Å². The first-order chi connectivity index (χ1) is 13.2. The number of nitrogens with zero attached hydrogens (tertiary/aromatic N) is 3. The fourth-order valence-electron chi connectivity index (χ4n) is 2.83. The Morgan fingerprint density at radius 3 is 2.86 bits per heavy atom. The lowest BCUT2D eigenvalue weighted by atomic mass is 9.97. The minimum atomic E-state index is -4.44. The van der Waals surface area contributed by atoms with E-state index in [1.165, 1.54) is 18.3 Å². The molecule has 152 valence electrons. The number of halogens is 3. The highest BCUT2D eigenvalue weighted by molar-refractivity contribution is 5.98. The number of hydrogen-bond donors (Lipinski definition) is 2. The summed E-state index contributed by atoms with van der Waals surface area (Å²) in [7, 11) is 0. The van der Waals surface area contributed by atoms with E-state index in [0.29, 0.717) is 24.8 Å². The van der Waals surface area contributed by atoms with E-state index in [4.69, 9.17) is 10.5 Å². The molecule has 0 bridgehead atoms. The van der Waals surface area contributed by atoms with Gasteiger partial charge in [-0.15, -0.1) is 0 Å². The third-order valence-corrected chi connectivity index (χ3v) is 4.38. The first kappa shape index (κ1) is 19.9. The third kappa shape index (κ3) is 4.91. The Labute approximate surface area is 158 Å². The molecule has 8 nitrogen and oxygen atoms in total. The van der Waals surface area contributed by atoms with Crippen LogP contribution < -0.4 is 15.8 Å². The molecule has 2 aromatic heterocycles. The van der Waals surface area contributed by atoms with Gasteiger partial charge < -0.3 is 20.5 Å². The summed E-state index contributed by atoms with van der Waals surface area (Å²) < 4.78 is 48.3. The molecule has 2 atom stereocenters. The third-order valence-electron chi connectivity index (χ3n) is 4.38. The highest BCUT2D eigenvalue weighted by atomic mass is 19.4. The SMILES string of the molecule is CC1CCOCC1n1cc(C(N)=O)c(Nc2ccc(OCC(F)(F)F)nc2)n1. The van der Waals surface area contributed by atoms with E-state index in [2.05, 4.69) is 27.1 Å². The molecule has 3 N–H and O–H groups in total. The van der Waals surface area contributed by atoms with Crippen molar-refractivity contribution in [2.75, 3.05) is 25.1 Å². The van der Waals surface area contributed by atoms with Crippen LogP contribution in [-0.4, -0.2) is 46.7 Å². The minimum absolute atomic E-state index is 0.0290. The zero-order valence-electron chi connectivity index (χ0n) is 15.1. The Hall–Kier alpha value is -2.82. The van der Waals surface area contributed by atoms with E-state index in [1.807, 2.05) is 0 Å². The van der Waals surface area contributed by atoms with Gasteiger partial charge in [-0.2, -0.15) is 18.3 Å². The van der Waals surface area contributed by atoms with Crippen molar-refractivity contribution in [2.45, 2.75) is 25.6 Å². The maximum absolute atomic E-state index is 12.2. The van der Waals surface area contributed by atoms with Gasteiger partial charge in [0.05, 0.1) is 24.5 Å². The quantitative estimate of drug-likeness (QED) is 0.774. The number of nitrogens with one attached hydrogen (secondary N) is 1. The van der Waals surface area contributed by atoms with Crippen LogP contribution in [0.4, 0.5) is 24.7 Å². The van der Waals surface area contributed by atoms with Gasteiger partial charge in [0.2, 0.25) is 5.88 Å². The number of primary amides is 1. The average Bonchev–Trinajstić information content (AvgIpc) is 3.05. The van der Waals surface area contributed by atoms with Gasteiger partial charge in [0.1, 0.15) is 5.56 Å². The summed E-state index contributed by atoms with van der Waals surface area (Å²) in [6.07, 6.45) is -0.721. The zero-order chi connectivity index (χ0) is 20.3. The number of rotatable bonds is 6. The molecule has 2 unspecified atom stereocenters. The van der Waals surface area contributed by atoms with Gasteiger partial charge in [0.15, 0.2) is 12.4 Å². The number of carbonyl (C=O) groups excluding carboxylic acids is 1. The Morgan fingerprint density at radius 1 is 1.46 bits per heavy atom. The molecule has 0 saturated carbocycles. The molecule has 3 heterocycles. The molecular formula is C17H20F3N5O3. The normalized spacial score (nSPS) is 20.0. The van der Waals surface area contributed by atoms with Gasteiger partial charge in [-0.1, -0.05) is 6.92 Å². The van der Waals surface area contributed by atoms with Crippen molar-refractivity contribution in [3.63, 3.8) is 0 Å². The summed E-state index contributed by atoms with van der Waals surface area (Å²) in [5.74, 6) is -0.280. The van der Waals surface area contributed by atoms with E-state index in [1.54, 1.807) is 10.9 Å². The van der Waals surface area contributed by atoms with Crippen LogP contribution in [0, 0.1) is 5.92 Å². The second-order valence-electron chi connectivity index (χ2n) is 6.56. The first-order valence-corrected chi connectivity index (χ1v) is 8.62. The van der Waals surface area contributed by atoms with Crippen LogP contribution >= 0.6 is 0 Å². The van der Waals surface area contributed by atoms with Crippen molar-refractivity contribution in [3.8, 4) is 5.88 Å². The number of hydrogen-bond acceptors (Lipinski definition) is 6. The second-order valence-corrected chi connectivity index (χ2v) is 6.56. The number of aromatic nitrogens is 3. The molecule has 1 saturated heterocycles. The molecule has 1 amide bonds. The fourth-order valence-corrected chi connectivity index (χ4v) is 2.83. The number of anilines is 2. The lowest BCUT2D eigenvalue weighted by Crippen LogP contribution is -2.28. The summed E-state index contributed by atoms with van der Waals surface area (Å²) >= 11 is 0. The summed E-state index contributed by atoms with van der Waals surface area (Å²) in [5, 5.41) is 7.32. The van der Waals surface area contributed by atoms with Crippen molar-refractivity contribution < 1.29 is 27.4 Å². The van der Waals surface area contributed by atoms with E-state index >= 15 is 0 Å². The Kier molecular flexibility index (Phi) is 5.73. The van der Waals surface area contributed by atoms with Crippen LogP contribution in [0.2, 0.25) is 0 Å². The van der Waals surface area contributed by atoms with Gasteiger partial charge in [-0.3, -0.25) is 9.48 Å². The Morgan fingerprint density at radius 2 is 2.25 bits per heavy atom. The first-order valence-electron chi connectivity index (χ1n) is 8.62. The Balaban J connectivity index is 1.75. The van der Waals surface area contributed by atoms with Crippen LogP contribution in [0.5, 0.6) is 5.88 Å². The van der Waals surface area contributed by atoms with Crippen LogP contribution in [-0.2, 0) is 4.74 Å². The molecule has 1 aliphatic rings. The average molecular weight is 399 g/mol. The predicted octanol–water partition coefficient (Wildman–Crippen LogP) is 2.66. The van der Waals surface area contributed by atoms with Crippen LogP contribution in [0.15, 0.2) is 24.5 Å². The molecule has 28 heavy (non-hydrogen) atoms. The predicted molar refractivity (Wildman–Crippen MR) is 93.5 cm³/mol. The standard InChI is InChI=1S/C17H20F3N5O3/c1-10-4-5-27-8-13(10)25-7-12(15(21)26)16(24-25)23-11-2-3-14(22-6-11)28-9-17(18,19)20/h2-3,6-7,10,13H,4-5,8-9H2,1H3,(H2,21,26)(H,23,24). The maximum atomic E-state index is 12.2. The topological polar surface area (TPSA) is 104 Å². The summed E-state index contributed by atoms with van der Waals surface area (Å²) in [6.45, 7) is 1.81. The molecule has 0 aliphatic carbocycles. The van der Waals surface area contributed by atoms with Crippen molar-refractivity contribution in [1.82, 2.24) is 14.8 Å². The van der Waals surface area contributed by atoms with Crippen molar-refractivity contribution in [1.29, 1.82) is 0 Å². The number of nitrogens with two attached hydrogens (primary N) is 1. The van der Waals surface area contributed by atoms with Crippen molar-refractivity contribution in [3.05, 3.63) is 30.1 Å². The number of pyridine rings is 1. The van der Waals surface area contributed by atoms with Gasteiger partial charge in [-0.25, -0.2) is 4.98 Å². The Bertz CT molecular complexity index is 822. The molecular weight excluding hydrogens is 379 g/mol. The zero-order valence-corrected chi connectivity index (χ0v) is 15.1. The summed E-state index contributed by atoms with van der Waals surface area (Å²) in [5.41, 5.74) is 6.05. The number of ether oxygens (including phenoxy) is 2. The van der Waals surface area contributed by atoms with Crippen molar-refractivity contribution >= 4 is 17.4 Å². The lowest BCUT2D eigenvalue weighted by Gasteiger charge is -2.28. The summed E-state index contributed by atoms with van der Waals surface area (Å²) in [6, 6.07) is 2.72. The molecule has 0 radical (unpaired) electrons. The highest BCUT2D eigenvalue weighted by Crippen LogP contribution is 2.28. The van der Waals surface area contributed by atoms with Crippen LogP contribution in [0.1, 0.15) is 29.7 Å². The van der Waals surface area contributed by atoms with Gasteiger partial charge in [0.25, 0.3) is 5.91 Å². The maximum Gasteiger partial charge on any atom is 0.422 e. The van der Waals surface area contributed by atoms with Crippen LogP contribution in [0.25, 0.3) is 0 Å². The largest absolute Gasteiger partial charge is 0.468 e. The number of carbonyl (C=O) groups is 1. The van der Waals surface area contributed by atoms with Gasteiger partial charge in [0, 0.05) is 18.9 Å². The molecule has 0 aromatic carbocycles. The monoisotopic (exact) mass is 399 g/mol. The van der Waals surface area contributed by atoms with E-state index < -0.39 is 18.7 Å². The lowest BCUT2D eigenvalue weighted by molar-refractivity contribution is -0.154. The fraction of sp³-hybridized carbons (Fsp3) is 0.471. The molecule has 1 aliphatic heterocycles. The molecule has 3 rings (SSSR count). The highest BCUT2D eigenvalue weighted by Gasteiger charge is 2.29. The second kappa shape index (κ2) is 8.05. The van der Waals surface area contributed by atoms with E-state index in [0.717, 1.165) is 6.42 Å². The van der Waals surface area contributed by atoms with E-state index in [-0.39, 0.29) is 23.3 Å². The van der Waals surface area contributed by atoms with Gasteiger partial charge in [-0.05, 0) is 18.4 Å². The van der Waals surface area contributed by atoms with Crippen molar-refractivity contribution in [2.24, 2.45) is 11.7 Å². The van der Waals surface area contributed by atoms with E-state index in [9.17, 15) is 18.0 Å². The summed E-state index contributed by atoms with van der Waals surface area (Å²) in [4.78, 5) is 15.6. The molecule has 2 aromatic rings. The van der Waals surface area contributed by atoms with Crippen LogP contribution in [0.3, 0.4) is 0 Å². The molecule has 11 heteroatoms. The number of amides is 1. The molecule has 0 spiro atoms.